The van der Waals surface area contributed by atoms with Crippen LogP contribution in [-0.2, 0) is 4.79 Å². The van der Waals surface area contributed by atoms with Crippen LogP contribution in [0, 0.1) is 5.92 Å². The summed E-state index contributed by atoms with van der Waals surface area (Å²) in [4.78, 5) is 41.0. The molecule has 1 heterocycles. The van der Waals surface area contributed by atoms with Crippen molar-refractivity contribution in [1.29, 1.82) is 0 Å². The van der Waals surface area contributed by atoms with E-state index < -0.39 is 5.91 Å². The molecule has 3 rings (SSSR count). The van der Waals surface area contributed by atoms with Gasteiger partial charge < -0.3 is 26.7 Å². The molecule has 11 nitrogen and oxygen atoms in total. The number of aromatic nitrogens is 2. The number of amides is 2. The van der Waals surface area contributed by atoms with Crippen LogP contribution in [0.4, 0.5) is 17.2 Å². The summed E-state index contributed by atoms with van der Waals surface area (Å²) in [5.41, 5.74) is 13.6. The average Bonchev–Trinajstić information content (AvgIpc) is 3.66. The Labute approximate surface area is 215 Å². The summed E-state index contributed by atoms with van der Waals surface area (Å²) in [6.07, 6.45) is 1.89. The lowest BCUT2D eigenvalue weighted by Gasteiger charge is -2.13. The van der Waals surface area contributed by atoms with E-state index in [1.165, 1.54) is 11.8 Å². The predicted octanol–water partition coefficient (Wildman–Crippen LogP) is 2.53. The fourth-order valence-corrected chi connectivity index (χ4v) is 3.66. The first-order chi connectivity index (χ1) is 17.1. The number of hydrazine groups is 1. The van der Waals surface area contributed by atoms with Gasteiger partial charge in [0.15, 0.2) is 16.7 Å². The molecule has 0 saturated heterocycles. The van der Waals surface area contributed by atoms with Gasteiger partial charge in [0.25, 0.3) is 5.91 Å². The number of nitrogens with one attached hydrogen (secondary N) is 4. The lowest BCUT2D eigenvalue weighted by Crippen LogP contribution is -2.34. The smallest absolute Gasteiger partial charge is 0.272 e. The number of amidine groups is 1. The zero-order valence-electron chi connectivity index (χ0n) is 21.0. The monoisotopic (exact) mass is 511 g/mol. The third-order valence-electron chi connectivity index (χ3n) is 4.97. The SMILES string of the molecule is C=C(C)NNC(C)=Nc1nc(Sc2ccc(NC(=O)C3CC3)cc2)nc(C(=O)NCCN(C)C)c1N. The molecule has 0 spiro atoms. The molecule has 1 saturated carbocycles. The second-order valence-electron chi connectivity index (χ2n) is 8.77. The van der Waals surface area contributed by atoms with Crippen molar-refractivity contribution < 1.29 is 9.59 Å². The van der Waals surface area contributed by atoms with E-state index in [1.54, 1.807) is 13.8 Å². The largest absolute Gasteiger partial charge is 0.394 e. The molecule has 0 aliphatic heterocycles. The van der Waals surface area contributed by atoms with Crippen LogP contribution in [0.15, 0.2) is 51.6 Å². The van der Waals surface area contributed by atoms with Crippen molar-refractivity contribution in [3.8, 4) is 0 Å². The molecule has 0 bridgehead atoms. The highest BCUT2D eigenvalue weighted by atomic mass is 32.2. The van der Waals surface area contributed by atoms with Crippen molar-refractivity contribution in [2.24, 2.45) is 10.9 Å². The number of anilines is 2. The van der Waals surface area contributed by atoms with Gasteiger partial charge in [-0.05, 0) is 76.8 Å². The summed E-state index contributed by atoms with van der Waals surface area (Å²) in [6.45, 7) is 8.40. The topological polar surface area (TPSA) is 150 Å². The van der Waals surface area contributed by atoms with Gasteiger partial charge in [-0.2, -0.15) is 0 Å². The van der Waals surface area contributed by atoms with Gasteiger partial charge in [0, 0.05) is 35.3 Å². The maximum Gasteiger partial charge on any atom is 0.272 e. The second-order valence-corrected chi connectivity index (χ2v) is 9.81. The molecule has 2 aromatic rings. The summed E-state index contributed by atoms with van der Waals surface area (Å²) >= 11 is 1.26. The normalized spacial score (nSPS) is 13.3. The van der Waals surface area contributed by atoms with E-state index in [0.717, 1.165) is 23.4 Å². The van der Waals surface area contributed by atoms with E-state index in [4.69, 9.17) is 5.73 Å². The molecular formula is C24H33N9O2S. The van der Waals surface area contributed by atoms with Crippen LogP contribution in [0.25, 0.3) is 0 Å². The van der Waals surface area contributed by atoms with E-state index in [1.807, 2.05) is 43.3 Å². The molecule has 192 valence electrons. The Hall–Kier alpha value is -3.64. The number of hydrogen-bond donors (Lipinski definition) is 5. The number of hydrogen-bond acceptors (Lipinski definition) is 9. The molecule has 1 aromatic heterocycles. The number of aliphatic imine (C=N–C) groups is 1. The number of nitrogens with two attached hydrogens (primary N) is 1. The van der Waals surface area contributed by atoms with Crippen molar-refractivity contribution in [1.82, 2.24) is 31.0 Å². The average molecular weight is 512 g/mol. The van der Waals surface area contributed by atoms with E-state index >= 15 is 0 Å². The highest BCUT2D eigenvalue weighted by Gasteiger charge is 2.29. The van der Waals surface area contributed by atoms with Crippen molar-refractivity contribution >= 4 is 46.6 Å². The molecule has 0 unspecified atom stereocenters. The van der Waals surface area contributed by atoms with Gasteiger partial charge in [0.05, 0.1) is 0 Å². The van der Waals surface area contributed by atoms with Gasteiger partial charge >= 0.3 is 0 Å². The van der Waals surface area contributed by atoms with Crippen LogP contribution in [0.1, 0.15) is 37.2 Å². The van der Waals surface area contributed by atoms with Gasteiger partial charge in [0.2, 0.25) is 5.91 Å². The lowest BCUT2D eigenvalue weighted by molar-refractivity contribution is -0.117. The Kier molecular flexibility index (Phi) is 9.25. The van der Waals surface area contributed by atoms with Crippen LogP contribution in [0.5, 0.6) is 0 Å². The maximum absolute atomic E-state index is 12.9. The minimum absolute atomic E-state index is 0.0508. The van der Waals surface area contributed by atoms with Crippen LogP contribution >= 0.6 is 11.8 Å². The predicted molar refractivity (Wildman–Crippen MR) is 143 cm³/mol. The Balaban J connectivity index is 1.83. The van der Waals surface area contributed by atoms with Crippen molar-refractivity contribution in [2.75, 3.05) is 38.2 Å². The van der Waals surface area contributed by atoms with Gasteiger partial charge in [-0.3, -0.25) is 15.0 Å². The van der Waals surface area contributed by atoms with E-state index in [0.29, 0.717) is 29.8 Å². The summed E-state index contributed by atoms with van der Waals surface area (Å²) in [5.74, 6) is 0.432. The summed E-state index contributed by atoms with van der Waals surface area (Å²) in [5, 5.41) is 6.07. The first-order valence-electron chi connectivity index (χ1n) is 11.5. The second kappa shape index (κ2) is 12.4. The number of nitrogen functional groups attached to an aromatic ring is 1. The molecule has 1 aliphatic carbocycles. The highest BCUT2D eigenvalue weighted by Crippen LogP contribution is 2.32. The van der Waals surface area contributed by atoms with Crippen LogP contribution in [0.2, 0.25) is 0 Å². The number of carbonyl (C=O) groups excluding carboxylic acids is 2. The summed E-state index contributed by atoms with van der Waals surface area (Å²) in [6, 6.07) is 7.36. The molecule has 36 heavy (non-hydrogen) atoms. The van der Waals surface area contributed by atoms with Crippen molar-refractivity contribution in [3.05, 3.63) is 42.2 Å². The van der Waals surface area contributed by atoms with E-state index in [2.05, 4.69) is 43.0 Å². The number of benzene rings is 1. The van der Waals surface area contributed by atoms with E-state index in [-0.39, 0.29) is 29.0 Å². The highest BCUT2D eigenvalue weighted by molar-refractivity contribution is 7.99. The fraction of sp³-hybridized carbons (Fsp3) is 0.375. The zero-order chi connectivity index (χ0) is 26.2. The molecule has 1 aliphatic rings. The third-order valence-corrected chi connectivity index (χ3v) is 5.85. The minimum Gasteiger partial charge on any atom is -0.394 e. The van der Waals surface area contributed by atoms with E-state index in [9.17, 15) is 9.59 Å². The first-order valence-corrected chi connectivity index (χ1v) is 12.4. The number of nitrogens with zero attached hydrogens (tertiary/aromatic N) is 4. The molecule has 2 amide bonds. The first kappa shape index (κ1) is 27.0. The number of allylic oxidation sites excluding steroid dienone is 1. The zero-order valence-corrected chi connectivity index (χ0v) is 21.8. The minimum atomic E-state index is -0.404. The Morgan fingerprint density at radius 1 is 1.17 bits per heavy atom. The molecule has 0 radical (unpaired) electrons. The molecule has 6 N–H and O–H groups in total. The van der Waals surface area contributed by atoms with Crippen LogP contribution in [-0.4, -0.2) is 59.7 Å². The summed E-state index contributed by atoms with van der Waals surface area (Å²) < 4.78 is 0. The van der Waals surface area contributed by atoms with Crippen molar-refractivity contribution in [2.45, 2.75) is 36.7 Å². The van der Waals surface area contributed by atoms with Gasteiger partial charge in [-0.25, -0.2) is 15.0 Å². The van der Waals surface area contributed by atoms with Crippen LogP contribution in [0.3, 0.4) is 0 Å². The van der Waals surface area contributed by atoms with Gasteiger partial charge in [0.1, 0.15) is 11.5 Å². The quantitative estimate of drug-likeness (QED) is 0.133. The lowest BCUT2D eigenvalue weighted by atomic mass is 10.3. The van der Waals surface area contributed by atoms with Gasteiger partial charge in [-0.15, -0.1) is 0 Å². The summed E-state index contributed by atoms with van der Waals surface area (Å²) in [7, 11) is 3.84. The number of carbonyl (C=O) groups is 2. The Morgan fingerprint density at radius 3 is 2.47 bits per heavy atom. The molecule has 1 fully saturated rings. The molecular weight excluding hydrogens is 478 g/mol. The number of rotatable bonds is 11. The molecule has 12 heteroatoms. The molecule has 0 atom stereocenters. The van der Waals surface area contributed by atoms with Crippen LogP contribution < -0.4 is 27.2 Å². The Morgan fingerprint density at radius 2 is 1.86 bits per heavy atom. The Bertz CT molecular complexity index is 1150. The van der Waals surface area contributed by atoms with Crippen molar-refractivity contribution in [3.63, 3.8) is 0 Å². The number of likely N-dealkylation sites (N-methyl/N-ethyl adjacent to an activating group) is 1. The fourth-order valence-electron chi connectivity index (χ4n) is 2.90. The van der Waals surface area contributed by atoms with Gasteiger partial charge in [-0.1, -0.05) is 6.58 Å². The third kappa shape index (κ3) is 8.24. The molecule has 1 aromatic carbocycles. The maximum atomic E-state index is 12.9. The standard InChI is InChI=1S/C24H33N9O2S/c1-14(2)31-32-15(3)27-21-19(25)20(23(35)26-12-13-33(4)5)29-24(30-21)36-18-10-8-17(9-11-18)28-22(34)16-6-7-16/h8-11,16,31H,1,6-7,12-13,25H2,2-5H3,(H,26,35)(H,28,34)(H,27,29,30,32).